The number of nitrogens with one attached hydrogen (secondary N) is 1. The summed E-state index contributed by atoms with van der Waals surface area (Å²) in [4.78, 5) is 17.0. The molecule has 1 aliphatic rings. The summed E-state index contributed by atoms with van der Waals surface area (Å²) in [6.45, 7) is 4.59. The number of pyridine rings is 1. The molecule has 0 bridgehead atoms. The molecule has 2 N–H and O–H groups in total. The van der Waals surface area contributed by atoms with Gasteiger partial charge in [-0.1, -0.05) is 38.8 Å². The highest BCUT2D eigenvalue weighted by Crippen LogP contribution is 2.31. The summed E-state index contributed by atoms with van der Waals surface area (Å²) in [5.41, 5.74) is 2.85. The van der Waals surface area contributed by atoms with Crippen LogP contribution < -0.4 is 5.32 Å². The molecule has 0 spiro atoms. The molecule has 1 saturated carbocycles. The molecule has 1 fully saturated rings. The number of hydrogen-bond acceptors (Lipinski definition) is 4. The molecule has 28 heavy (non-hydrogen) atoms. The number of carbonyl (C=O) groups is 1. The van der Waals surface area contributed by atoms with Crippen LogP contribution in [0.4, 0.5) is 0 Å². The fourth-order valence-electron chi connectivity index (χ4n) is 3.68. The SMILES string of the molecule is CC(C)c1ccc(C#N)c(-c2ccc(C(=O)NCCC3(O)CCCC3)cc2)n1. The topological polar surface area (TPSA) is 86.0 Å². The van der Waals surface area contributed by atoms with Crippen LogP contribution >= 0.6 is 0 Å². The van der Waals surface area contributed by atoms with E-state index in [1.807, 2.05) is 18.2 Å². The number of carbonyl (C=O) groups excluding carboxylic acids is 1. The van der Waals surface area contributed by atoms with E-state index in [4.69, 9.17) is 0 Å². The summed E-state index contributed by atoms with van der Waals surface area (Å²) < 4.78 is 0. The van der Waals surface area contributed by atoms with Gasteiger partial charge in [0.15, 0.2) is 0 Å². The van der Waals surface area contributed by atoms with Gasteiger partial charge < -0.3 is 10.4 Å². The predicted molar refractivity (Wildman–Crippen MR) is 109 cm³/mol. The molecule has 1 heterocycles. The van der Waals surface area contributed by atoms with Crippen LogP contribution in [0.15, 0.2) is 36.4 Å². The van der Waals surface area contributed by atoms with Crippen molar-refractivity contribution in [1.29, 1.82) is 5.26 Å². The van der Waals surface area contributed by atoms with Gasteiger partial charge in [0, 0.05) is 23.4 Å². The number of aromatic nitrogens is 1. The van der Waals surface area contributed by atoms with Gasteiger partial charge in [-0.2, -0.15) is 5.26 Å². The summed E-state index contributed by atoms with van der Waals surface area (Å²) in [5.74, 6) is 0.115. The second-order valence-electron chi connectivity index (χ2n) is 7.91. The molecule has 2 aromatic rings. The van der Waals surface area contributed by atoms with Gasteiger partial charge in [-0.3, -0.25) is 9.78 Å². The van der Waals surface area contributed by atoms with Gasteiger partial charge in [-0.05, 0) is 49.4 Å². The summed E-state index contributed by atoms with van der Waals surface area (Å²) in [6.07, 6.45) is 4.35. The van der Waals surface area contributed by atoms with Crippen molar-refractivity contribution in [2.75, 3.05) is 6.54 Å². The minimum absolute atomic E-state index is 0.155. The van der Waals surface area contributed by atoms with Gasteiger partial charge in [0.1, 0.15) is 6.07 Å². The Balaban J connectivity index is 1.69. The Hall–Kier alpha value is -2.71. The van der Waals surface area contributed by atoms with Crippen molar-refractivity contribution in [1.82, 2.24) is 10.3 Å². The lowest BCUT2D eigenvalue weighted by molar-refractivity contribution is 0.0389. The highest BCUT2D eigenvalue weighted by Gasteiger charge is 2.30. The molecule has 5 nitrogen and oxygen atoms in total. The van der Waals surface area contributed by atoms with Crippen LogP contribution in [0.25, 0.3) is 11.3 Å². The Morgan fingerprint density at radius 1 is 1.21 bits per heavy atom. The van der Waals surface area contributed by atoms with Crippen molar-refractivity contribution in [3.63, 3.8) is 0 Å². The third kappa shape index (κ3) is 4.58. The quantitative estimate of drug-likeness (QED) is 0.791. The summed E-state index contributed by atoms with van der Waals surface area (Å²) in [6, 6.07) is 13.0. The summed E-state index contributed by atoms with van der Waals surface area (Å²) in [5, 5.41) is 22.6. The van der Waals surface area contributed by atoms with Gasteiger partial charge >= 0.3 is 0 Å². The molecule has 0 radical (unpaired) electrons. The van der Waals surface area contributed by atoms with Crippen LogP contribution in [0.5, 0.6) is 0 Å². The van der Waals surface area contributed by atoms with E-state index in [1.54, 1.807) is 18.2 Å². The average Bonchev–Trinajstić information content (AvgIpc) is 3.14. The first-order valence-corrected chi connectivity index (χ1v) is 9.94. The van der Waals surface area contributed by atoms with Crippen LogP contribution in [0.3, 0.4) is 0 Å². The van der Waals surface area contributed by atoms with Crippen LogP contribution in [-0.2, 0) is 0 Å². The monoisotopic (exact) mass is 377 g/mol. The van der Waals surface area contributed by atoms with Gasteiger partial charge in [0.05, 0.1) is 16.9 Å². The van der Waals surface area contributed by atoms with Crippen molar-refractivity contribution in [2.45, 2.75) is 57.5 Å². The molecule has 1 amide bonds. The minimum Gasteiger partial charge on any atom is -0.390 e. The predicted octanol–water partition coefficient (Wildman–Crippen LogP) is 4.17. The third-order valence-corrected chi connectivity index (χ3v) is 5.46. The number of nitrogens with zero attached hydrogens (tertiary/aromatic N) is 2. The standard InChI is InChI=1S/C23H27N3O2/c1-16(2)20-10-9-19(15-24)21(26-20)17-5-7-18(8-6-17)22(27)25-14-13-23(28)11-3-4-12-23/h5-10,16,28H,3-4,11-14H2,1-2H3,(H,25,27). The average molecular weight is 377 g/mol. The molecule has 1 aromatic heterocycles. The zero-order valence-corrected chi connectivity index (χ0v) is 16.5. The van der Waals surface area contributed by atoms with Crippen molar-refractivity contribution >= 4 is 5.91 Å². The second kappa shape index (κ2) is 8.53. The van der Waals surface area contributed by atoms with E-state index in [-0.39, 0.29) is 11.8 Å². The second-order valence-corrected chi connectivity index (χ2v) is 7.91. The maximum atomic E-state index is 12.4. The number of benzene rings is 1. The largest absolute Gasteiger partial charge is 0.390 e. The number of amides is 1. The highest BCUT2D eigenvalue weighted by atomic mass is 16.3. The Labute approximate surface area is 166 Å². The van der Waals surface area contributed by atoms with E-state index in [0.717, 1.165) is 36.9 Å². The van der Waals surface area contributed by atoms with E-state index in [9.17, 15) is 15.2 Å². The number of hydrogen-bond donors (Lipinski definition) is 2. The molecule has 0 atom stereocenters. The van der Waals surface area contributed by atoms with E-state index < -0.39 is 5.60 Å². The van der Waals surface area contributed by atoms with Crippen molar-refractivity contribution in [3.05, 3.63) is 53.2 Å². The van der Waals surface area contributed by atoms with Crippen LogP contribution in [0, 0.1) is 11.3 Å². The Morgan fingerprint density at radius 2 is 1.89 bits per heavy atom. The molecular formula is C23H27N3O2. The first-order valence-electron chi connectivity index (χ1n) is 9.94. The Morgan fingerprint density at radius 3 is 2.50 bits per heavy atom. The van der Waals surface area contributed by atoms with Gasteiger partial charge in [0.25, 0.3) is 5.91 Å². The molecule has 0 unspecified atom stereocenters. The zero-order chi connectivity index (χ0) is 20.1. The maximum absolute atomic E-state index is 12.4. The van der Waals surface area contributed by atoms with Crippen LogP contribution in [-0.4, -0.2) is 28.1 Å². The fourth-order valence-corrected chi connectivity index (χ4v) is 3.68. The first kappa shape index (κ1) is 20.0. The highest BCUT2D eigenvalue weighted by molar-refractivity contribution is 5.94. The summed E-state index contributed by atoms with van der Waals surface area (Å²) >= 11 is 0. The zero-order valence-electron chi connectivity index (χ0n) is 16.5. The third-order valence-electron chi connectivity index (χ3n) is 5.46. The van der Waals surface area contributed by atoms with Crippen molar-refractivity contribution < 1.29 is 9.90 Å². The van der Waals surface area contributed by atoms with Gasteiger partial charge in [-0.25, -0.2) is 0 Å². The van der Waals surface area contributed by atoms with E-state index in [0.29, 0.717) is 29.8 Å². The van der Waals surface area contributed by atoms with Crippen molar-refractivity contribution in [3.8, 4) is 17.3 Å². The Kier molecular flexibility index (Phi) is 6.11. The number of aliphatic hydroxyl groups is 1. The van der Waals surface area contributed by atoms with E-state index >= 15 is 0 Å². The van der Waals surface area contributed by atoms with E-state index in [1.165, 1.54) is 0 Å². The minimum atomic E-state index is -0.613. The van der Waals surface area contributed by atoms with Gasteiger partial charge in [0.2, 0.25) is 0 Å². The normalized spacial score (nSPS) is 15.4. The van der Waals surface area contributed by atoms with Gasteiger partial charge in [-0.15, -0.1) is 0 Å². The molecule has 5 heteroatoms. The lowest BCUT2D eigenvalue weighted by atomic mass is 9.98. The van der Waals surface area contributed by atoms with Crippen LogP contribution in [0.1, 0.15) is 73.5 Å². The molecule has 0 saturated heterocycles. The molecule has 146 valence electrons. The van der Waals surface area contributed by atoms with Crippen molar-refractivity contribution in [2.24, 2.45) is 0 Å². The maximum Gasteiger partial charge on any atom is 0.251 e. The lowest BCUT2D eigenvalue weighted by Crippen LogP contribution is -2.32. The van der Waals surface area contributed by atoms with Crippen LogP contribution in [0.2, 0.25) is 0 Å². The van der Waals surface area contributed by atoms with E-state index in [2.05, 4.69) is 30.2 Å². The fraction of sp³-hybridized carbons (Fsp3) is 0.435. The smallest absolute Gasteiger partial charge is 0.251 e. The molecule has 1 aliphatic carbocycles. The lowest BCUT2D eigenvalue weighted by Gasteiger charge is -2.21. The first-order chi connectivity index (χ1) is 13.4. The molecule has 3 rings (SSSR count). The number of rotatable bonds is 6. The number of nitriles is 1. The molecule has 1 aromatic carbocycles. The Bertz CT molecular complexity index is 876. The molecular weight excluding hydrogens is 350 g/mol. The summed E-state index contributed by atoms with van der Waals surface area (Å²) in [7, 11) is 0. The molecule has 0 aliphatic heterocycles.